The zero-order valence-corrected chi connectivity index (χ0v) is 8.70. The highest BCUT2D eigenvalue weighted by molar-refractivity contribution is 5.37. The molecule has 0 fully saturated rings. The van der Waals surface area contributed by atoms with Crippen molar-refractivity contribution in [1.82, 2.24) is 9.97 Å². The van der Waals surface area contributed by atoms with Gasteiger partial charge in [0.15, 0.2) is 0 Å². The van der Waals surface area contributed by atoms with E-state index in [4.69, 9.17) is 5.26 Å². The van der Waals surface area contributed by atoms with Crippen molar-refractivity contribution in [2.75, 3.05) is 11.9 Å². The van der Waals surface area contributed by atoms with E-state index in [0.717, 1.165) is 5.69 Å². The van der Waals surface area contributed by atoms with Gasteiger partial charge in [0.05, 0.1) is 11.8 Å². The van der Waals surface area contributed by atoms with Gasteiger partial charge in [-0.1, -0.05) is 20.8 Å². The Morgan fingerprint density at radius 3 is 2.71 bits per heavy atom. The molecule has 0 radical (unpaired) electrons. The first-order valence-corrected chi connectivity index (χ1v) is 4.47. The van der Waals surface area contributed by atoms with Crippen LogP contribution in [0.3, 0.4) is 0 Å². The molecule has 1 N–H and O–H groups in total. The fourth-order valence-electron chi connectivity index (χ4n) is 0.994. The number of nitrogens with one attached hydrogen (secondary N) is 1. The Labute approximate surface area is 84.0 Å². The van der Waals surface area contributed by atoms with Crippen LogP contribution in [0.25, 0.3) is 0 Å². The maximum atomic E-state index is 8.40. The largest absolute Gasteiger partial charge is 0.357 e. The molecule has 4 nitrogen and oxygen atoms in total. The van der Waals surface area contributed by atoms with Crippen LogP contribution in [-0.2, 0) is 5.41 Å². The van der Waals surface area contributed by atoms with Crippen molar-refractivity contribution in [3.05, 3.63) is 18.1 Å². The van der Waals surface area contributed by atoms with Crippen LogP contribution < -0.4 is 5.32 Å². The topological polar surface area (TPSA) is 61.6 Å². The summed E-state index contributed by atoms with van der Waals surface area (Å²) in [5, 5.41) is 11.3. The van der Waals surface area contributed by atoms with Crippen LogP contribution in [0.5, 0.6) is 0 Å². The zero-order chi connectivity index (χ0) is 10.6. The van der Waals surface area contributed by atoms with Gasteiger partial charge in [0.25, 0.3) is 0 Å². The number of rotatable bonds is 2. The molecule has 0 aliphatic heterocycles. The molecule has 0 aromatic carbocycles. The molecule has 1 aromatic heterocycles. The van der Waals surface area contributed by atoms with Gasteiger partial charge < -0.3 is 5.32 Å². The summed E-state index contributed by atoms with van der Waals surface area (Å²) < 4.78 is 0. The van der Waals surface area contributed by atoms with Crippen LogP contribution in [0.1, 0.15) is 26.5 Å². The molecule has 1 rings (SSSR count). The lowest BCUT2D eigenvalue weighted by Gasteiger charge is -2.17. The molecule has 0 amide bonds. The normalized spacial score (nSPS) is 10.7. The second-order valence-electron chi connectivity index (χ2n) is 4.05. The van der Waals surface area contributed by atoms with E-state index in [1.165, 1.54) is 6.33 Å². The van der Waals surface area contributed by atoms with Gasteiger partial charge in [-0.2, -0.15) is 5.26 Å². The molecule has 0 unspecified atom stereocenters. The molecule has 4 heteroatoms. The quantitative estimate of drug-likeness (QED) is 0.721. The van der Waals surface area contributed by atoms with E-state index in [1.807, 2.05) is 12.1 Å². The van der Waals surface area contributed by atoms with Gasteiger partial charge in [-0.25, -0.2) is 9.97 Å². The Morgan fingerprint density at radius 1 is 1.43 bits per heavy atom. The maximum Gasteiger partial charge on any atom is 0.130 e. The summed E-state index contributed by atoms with van der Waals surface area (Å²) >= 11 is 0. The van der Waals surface area contributed by atoms with Gasteiger partial charge >= 0.3 is 0 Å². The number of hydrogen-bond acceptors (Lipinski definition) is 4. The molecule has 1 heterocycles. The molecule has 0 spiro atoms. The third-order valence-electron chi connectivity index (χ3n) is 1.78. The molecule has 74 valence electrons. The van der Waals surface area contributed by atoms with Crippen molar-refractivity contribution in [3.8, 4) is 6.07 Å². The van der Waals surface area contributed by atoms with Gasteiger partial charge in [0.1, 0.15) is 18.7 Å². The first-order chi connectivity index (χ1) is 6.54. The van der Waals surface area contributed by atoms with E-state index in [0.29, 0.717) is 5.82 Å². The summed E-state index contributed by atoms with van der Waals surface area (Å²) in [5.74, 6) is 0.700. The van der Waals surface area contributed by atoms with Crippen molar-refractivity contribution >= 4 is 5.82 Å². The predicted molar refractivity (Wildman–Crippen MR) is 54.8 cm³/mol. The molecular formula is C10H14N4. The minimum Gasteiger partial charge on any atom is -0.357 e. The highest BCUT2D eigenvalue weighted by atomic mass is 15.0. The van der Waals surface area contributed by atoms with Crippen molar-refractivity contribution in [2.24, 2.45) is 0 Å². The van der Waals surface area contributed by atoms with Crippen LogP contribution in [0, 0.1) is 11.3 Å². The summed E-state index contributed by atoms with van der Waals surface area (Å²) in [6.07, 6.45) is 1.51. The minimum atomic E-state index is 0.00597. The van der Waals surface area contributed by atoms with E-state index in [2.05, 4.69) is 36.1 Å². The monoisotopic (exact) mass is 190 g/mol. The molecule has 0 bridgehead atoms. The fraction of sp³-hybridized carbons (Fsp3) is 0.500. The van der Waals surface area contributed by atoms with Crippen LogP contribution in [-0.4, -0.2) is 16.5 Å². The smallest absolute Gasteiger partial charge is 0.130 e. The molecule has 14 heavy (non-hydrogen) atoms. The molecule has 0 atom stereocenters. The van der Waals surface area contributed by atoms with Gasteiger partial charge in [-0.3, -0.25) is 0 Å². The zero-order valence-electron chi connectivity index (χ0n) is 8.70. The summed E-state index contributed by atoms with van der Waals surface area (Å²) in [5.41, 5.74) is 0.972. The summed E-state index contributed by atoms with van der Waals surface area (Å²) in [7, 11) is 0. The highest BCUT2D eigenvalue weighted by Crippen LogP contribution is 2.20. The lowest BCUT2D eigenvalue weighted by Crippen LogP contribution is -2.14. The number of nitriles is 1. The first kappa shape index (κ1) is 10.5. The van der Waals surface area contributed by atoms with Crippen LogP contribution in [0.15, 0.2) is 12.4 Å². The molecular weight excluding hydrogens is 176 g/mol. The van der Waals surface area contributed by atoms with E-state index in [9.17, 15) is 0 Å². The van der Waals surface area contributed by atoms with Crippen LogP contribution >= 0.6 is 0 Å². The summed E-state index contributed by atoms with van der Waals surface area (Å²) in [6.45, 7) is 6.52. The van der Waals surface area contributed by atoms with E-state index in [1.54, 1.807) is 0 Å². The van der Waals surface area contributed by atoms with Crippen molar-refractivity contribution in [3.63, 3.8) is 0 Å². The molecule has 0 saturated heterocycles. The summed E-state index contributed by atoms with van der Waals surface area (Å²) in [6, 6.07) is 3.88. The summed E-state index contributed by atoms with van der Waals surface area (Å²) in [4.78, 5) is 8.20. The minimum absolute atomic E-state index is 0.00597. The van der Waals surface area contributed by atoms with Crippen LogP contribution in [0.2, 0.25) is 0 Å². The molecule has 1 aromatic rings. The maximum absolute atomic E-state index is 8.40. The van der Waals surface area contributed by atoms with Gasteiger partial charge in [-0.05, 0) is 0 Å². The van der Waals surface area contributed by atoms with Gasteiger partial charge in [0, 0.05) is 11.5 Å². The Morgan fingerprint density at radius 2 is 2.14 bits per heavy atom. The lowest BCUT2D eigenvalue weighted by atomic mass is 9.92. The second-order valence-corrected chi connectivity index (χ2v) is 4.05. The van der Waals surface area contributed by atoms with Gasteiger partial charge in [0.2, 0.25) is 0 Å². The van der Waals surface area contributed by atoms with E-state index < -0.39 is 0 Å². The Balaban J connectivity index is 2.86. The fourth-order valence-corrected chi connectivity index (χ4v) is 0.994. The average Bonchev–Trinajstić information content (AvgIpc) is 2.14. The third-order valence-corrected chi connectivity index (χ3v) is 1.78. The number of nitrogens with zero attached hydrogens (tertiary/aromatic N) is 3. The van der Waals surface area contributed by atoms with Crippen molar-refractivity contribution < 1.29 is 0 Å². The van der Waals surface area contributed by atoms with Gasteiger partial charge in [-0.15, -0.1) is 0 Å². The molecule has 0 aliphatic rings. The predicted octanol–water partition coefficient (Wildman–Crippen LogP) is 1.71. The SMILES string of the molecule is CC(C)(C)c1cc(NCC#N)ncn1. The highest BCUT2D eigenvalue weighted by Gasteiger charge is 2.15. The van der Waals surface area contributed by atoms with Crippen LogP contribution in [0.4, 0.5) is 5.82 Å². The van der Waals surface area contributed by atoms with E-state index >= 15 is 0 Å². The molecule has 0 aliphatic carbocycles. The Hall–Kier alpha value is -1.63. The average molecular weight is 190 g/mol. The number of aromatic nitrogens is 2. The number of hydrogen-bond donors (Lipinski definition) is 1. The number of anilines is 1. The Bertz CT molecular complexity index is 346. The van der Waals surface area contributed by atoms with E-state index in [-0.39, 0.29) is 12.0 Å². The Kier molecular flexibility index (Phi) is 3.03. The third kappa shape index (κ3) is 2.70. The lowest BCUT2D eigenvalue weighted by molar-refractivity contribution is 0.567. The van der Waals surface area contributed by atoms with Crippen molar-refractivity contribution in [2.45, 2.75) is 26.2 Å². The second kappa shape index (κ2) is 4.05. The van der Waals surface area contributed by atoms with Crippen molar-refractivity contribution in [1.29, 1.82) is 5.26 Å². The molecule has 0 saturated carbocycles. The first-order valence-electron chi connectivity index (χ1n) is 4.47. The standard InChI is InChI=1S/C10H14N4/c1-10(2,3)8-6-9(12-5-4-11)14-7-13-8/h6-7H,5H2,1-3H3,(H,12,13,14).